The minimum atomic E-state index is -0.408. The molecule has 0 aliphatic heterocycles. The van der Waals surface area contributed by atoms with Crippen molar-refractivity contribution in [3.8, 4) is 0 Å². The SMILES string of the molecule is Cc1ccc(NC(=O)N/C=C/c2cccc(F)c2)nc1. The predicted molar refractivity (Wildman–Crippen MR) is 76.6 cm³/mol. The van der Waals surface area contributed by atoms with Crippen molar-refractivity contribution in [2.75, 3.05) is 5.32 Å². The van der Waals surface area contributed by atoms with Gasteiger partial charge in [-0.2, -0.15) is 0 Å². The highest BCUT2D eigenvalue weighted by molar-refractivity contribution is 5.89. The molecule has 102 valence electrons. The van der Waals surface area contributed by atoms with E-state index in [1.807, 2.05) is 13.0 Å². The highest BCUT2D eigenvalue weighted by Crippen LogP contribution is 2.05. The largest absolute Gasteiger partial charge is 0.324 e. The van der Waals surface area contributed by atoms with Crippen molar-refractivity contribution in [3.63, 3.8) is 0 Å². The van der Waals surface area contributed by atoms with Crippen LogP contribution in [0.15, 0.2) is 48.8 Å². The van der Waals surface area contributed by atoms with Gasteiger partial charge in [0, 0.05) is 12.4 Å². The van der Waals surface area contributed by atoms with Crippen LogP contribution in [0.1, 0.15) is 11.1 Å². The highest BCUT2D eigenvalue weighted by Gasteiger charge is 1.99. The molecule has 1 aromatic heterocycles. The lowest BCUT2D eigenvalue weighted by Crippen LogP contribution is -2.24. The summed E-state index contributed by atoms with van der Waals surface area (Å²) in [5.41, 5.74) is 1.68. The first-order valence-corrected chi connectivity index (χ1v) is 6.06. The van der Waals surface area contributed by atoms with Crippen LogP contribution >= 0.6 is 0 Å². The number of nitrogens with zero attached hydrogens (tertiary/aromatic N) is 1. The van der Waals surface area contributed by atoms with Crippen molar-refractivity contribution in [1.29, 1.82) is 0 Å². The second-order valence-electron chi connectivity index (χ2n) is 4.21. The molecule has 0 fully saturated rings. The van der Waals surface area contributed by atoms with E-state index in [0.717, 1.165) is 5.56 Å². The smallest absolute Gasteiger partial charge is 0.314 e. The van der Waals surface area contributed by atoms with E-state index in [0.29, 0.717) is 11.4 Å². The zero-order valence-electron chi connectivity index (χ0n) is 10.9. The monoisotopic (exact) mass is 271 g/mol. The van der Waals surface area contributed by atoms with Gasteiger partial charge in [-0.25, -0.2) is 14.2 Å². The number of nitrogens with one attached hydrogen (secondary N) is 2. The average molecular weight is 271 g/mol. The van der Waals surface area contributed by atoms with Crippen molar-refractivity contribution in [3.05, 3.63) is 65.7 Å². The van der Waals surface area contributed by atoms with Crippen molar-refractivity contribution in [2.45, 2.75) is 6.92 Å². The highest BCUT2D eigenvalue weighted by atomic mass is 19.1. The normalized spacial score (nSPS) is 10.5. The molecule has 5 heteroatoms. The number of amides is 2. The number of aromatic nitrogens is 1. The van der Waals surface area contributed by atoms with E-state index < -0.39 is 6.03 Å². The number of aryl methyl sites for hydroxylation is 1. The van der Waals surface area contributed by atoms with E-state index in [4.69, 9.17) is 0 Å². The van der Waals surface area contributed by atoms with Gasteiger partial charge in [-0.1, -0.05) is 18.2 Å². The summed E-state index contributed by atoms with van der Waals surface area (Å²) < 4.78 is 12.9. The summed E-state index contributed by atoms with van der Waals surface area (Å²) in [4.78, 5) is 15.6. The van der Waals surface area contributed by atoms with Crippen LogP contribution in [-0.4, -0.2) is 11.0 Å². The Bertz CT molecular complexity index is 623. The Kier molecular flexibility index (Phi) is 4.44. The Balaban J connectivity index is 1.87. The molecule has 0 saturated carbocycles. The number of carbonyl (C=O) groups is 1. The van der Waals surface area contributed by atoms with Crippen LogP contribution in [0.3, 0.4) is 0 Å². The number of hydrogen-bond donors (Lipinski definition) is 2. The zero-order valence-corrected chi connectivity index (χ0v) is 10.9. The maximum Gasteiger partial charge on any atom is 0.324 e. The molecule has 2 aromatic rings. The van der Waals surface area contributed by atoms with Crippen LogP contribution in [0.25, 0.3) is 6.08 Å². The molecule has 0 aliphatic rings. The minimum Gasteiger partial charge on any atom is -0.314 e. The molecule has 2 N–H and O–H groups in total. The van der Waals surface area contributed by atoms with Gasteiger partial charge < -0.3 is 5.32 Å². The molecule has 0 bridgehead atoms. The minimum absolute atomic E-state index is 0.319. The van der Waals surface area contributed by atoms with Crippen molar-refractivity contribution < 1.29 is 9.18 Å². The summed E-state index contributed by atoms with van der Waals surface area (Å²) >= 11 is 0. The van der Waals surface area contributed by atoms with Crippen LogP contribution < -0.4 is 10.6 Å². The average Bonchev–Trinajstić information content (AvgIpc) is 2.41. The molecule has 4 nitrogen and oxygen atoms in total. The van der Waals surface area contributed by atoms with Crippen molar-refractivity contribution >= 4 is 17.9 Å². The summed E-state index contributed by atoms with van der Waals surface area (Å²) in [5, 5.41) is 5.10. The molecule has 0 aliphatic carbocycles. The van der Waals surface area contributed by atoms with Gasteiger partial charge in [0.1, 0.15) is 11.6 Å². The topological polar surface area (TPSA) is 54.0 Å². The zero-order chi connectivity index (χ0) is 14.4. The first-order chi connectivity index (χ1) is 9.63. The van der Waals surface area contributed by atoms with Gasteiger partial charge in [-0.3, -0.25) is 5.32 Å². The maximum absolute atomic E-state index is 12.9. The number of hydrogen-bond acceptors (Lipinski definition) is 2. The Morgan fingerprint density at radius 3 is 2.85 bits per heavy atom. The van der Waals surface area contributed by atoms with Crippen LogP contribution in [-0.2, 0) is 0 Å². The molecule has 0 unspecified atom stereocenters. The van der Waals surface area contributed by atoms with Gasteiger partial charge in [0.15, 0.2) is 0 Å². The second-order valence-corrected chi connectivity index (χ2v) is 4.21. The predicted octanol–water partition coefficient (Wildman–Crippen LogP) is 3.32. The molecule has 0 spiro atoms. The molecule has 20 heavy (non-hydrogen) atoms. The number of halogens is 1. The Hall–Kier alpha value is -2.69. The lowest BCUT2D eigenvalue weighted by atomic mass is 10.2. The Morgan fingerprint density at radius 1 is 1.30 bits per heavy atom. The number of carbonyl (C=O) groups excluding carboxylic acids is 1. The number of anilines is 1. The molecule has 2 rings (SSSR count). The van der Waals surface area contributed by atoms with Crippen LogP contribution in [0, 0.1) is 12.7 Å². The molecule has 0 atom stereocenters. The summed E-state index contributed by atoms with van der Waals surface area (Å²) in [6.45, 7) is 1.92. The van der Waals surface area contributed by atoms with Crippen LogP contribution in [0.5, 0.6) is 0 Å². The lowest BCUT2D eigenvalue weighted by Gasteiger charge is -2.03. The number of benzene rings is 1. The van der Waals surface area contributed by atoms with Crippen molar-refractivity contribution in [2.24, 2.45) is 0 Å². The van der Waals surface area contributed by atoms with Crippen LogP contribution in [0.4, 0.5) is 15.0 Å². The van der Waals surface area contributed by atoms with E-state index in [1.165, 1.54) is 18.3 Å². The van der Waals surface area contributed by atoms with E-state index in [9.17, 15) is 9.18 Å². The summed E-state index contributed by atoms with van der Waals surface area (Å²) in [6, 6.07) is 9.23. The van der Waals surface area contributed by atoms with Gasteiger partial charge in [0.2, 0.25) is 0 Å². The van der Waals surface area contributed by atoms with E-state index in [2.05, 4.69) is 15.6 Å². The first-order valence-electron chi connectivity index (χ1n) is 6.06. The van der Waals surface area contributed by atoms with E-state index in [1.54, 1.807) is 30.5 Å². The van der Waals surface area contributed by atoms with Crippen LogP contribution in [0.2, 0.25) is 0 Å². The molecular weight excluding hydrogens is 257 g/mol. The third kappa shape index (κ3) is 4.20. The lowest BCUT2D eigenvalue weighted by molar-refractivity contribution is 0.255. The fraction of sp³-hybridized carbons (Fsp3) is 0.0667. The van der Waals surface area contributed by atoms with Gasteiger partial charge in [0.05, 0.1) is 0 Å². The summed E-state index contributed by atoms with van der Waals surface area (Å²) in [7, 11) is 0. The third-order valence-corrected chi connectivity index (χ3v) is 2.49. The molecule has 1 heterocycles. The molecule has 2 amide bonds. The number of rotatable bonds is 3. The van der Waals surface area contributed by atoms with E-state index >= 15 is 0 Å². The Labute approximate surface area is 116 Å². The Morgan fingerprint density at radius 2 is 2.15 bits per heavy atom. The maximum atomic E-state index is 12.9. The molecular formula is C15H14FN3O. The van der Waals surface area contributed by atoms with Gasteiger partial charge >= 0.3 is 6.03 Å². The van der Waals surface area contributed by atoms with Gasteiger partial charge in [0.25, 0.3) is 0 Å². The third-order valence-electron chi connectivity index (χ3n) is 2.49. The van der Waals surface area contributed by atoms with Gasteiger partial charge in [-0.15, -0.1) is 0 Å². The number of pyridine rings is 1. The molecule has 1 aromatic carbocycles. The standard InChI is InChI=1S/C15H14FN3O/c1-11-5-6-14(18-10-11)19-15(20)17-8-7-12-3-2-4-13(16)9-12/h2-10H,1H3,(H2,17,18,19,20)/b8-7+. The van der Waals surface area contributed by atoms with E-state index in [-0.39, 0.29) is 5.82 Å². The van der Waals surface area contributed by atoms with Gasteiger partial charge in [-0.05, 0) is 42.3 Å². The first kappa shape index (κ1) is 13.7. The fourth-order valence-electron chi connectivity index (χ4n) is 1.52. The molecule has 0 radical (unpaired) electrons. The second kappa shape index (κ2) is 6.47. The summed E-state index contributed by atoms with van der Waals surface area (Å²) in [5.74, 6) is 0.146. The van der Waals surface area contributed by atoms with Crippen molar-refractivity contribution in [1.82, 2.24) is 10.3 Å². The number of urea groups is 1. The summed E-state index contributed by atoms with van der Waals surface area (Å²) in [6.07, 6.45) is 4.71. The quantitative estimate of drug-likeness (QED) is 0.899. The fourth-order valence-corrected chi connectivity index (χ4v) is 1.52. The molecule has 0 saturated heterocycles.